The largest absolute Gasteiger partial charge is 0.493 e. The summed E-state index contributed by atoms with van der Waals surface area (Å²) in [4.78, 5) is 54.2. The summed E-state index contributed by atoms with van der Waals surface area (Å²) < 4.78 is 34.0. The topological polar surface area (TPSA) is 126 Å². The van der Waals surface area contributed by atoms with Crippen molar-refractivity contribution in [1.29, 1.82) is 0 Å². The molecule has 0 spiro atoms. The molecular weight excluding hydrogens is 753 g/mol. The first-order valence-electron chi connectivity index (χ1n) is 17.9. The molecular formula is C38H45Cl2N7O6S. The Hall–Kier alpha value is -4.21. The molecule has 4 amide bonds. The highest BCUT2D eigenvalue weighted by Gasteiger charge is 2.45. The molecule has 3 aliphatic heterocycles. The van der Waals surface area contributed by atoms with Crippen molar-refractivity contribution < 1.29 is 27.5 Å². The highest BCUT2D eigenvalue weighted by atomic mass is 35.5. The zero-order chi connectivity index (χ0) is 38.7. The summed E-state index contributed by atoms with van der Waals surface area (Å²) >= 11 is 12.6. The molecule has 3 heterocycles. The van der Waals surface area contributed by atoms with Crippen LogP contribution in [0.3, 0.4) is 0 Å². The van der Waals surface area contributed by atoms with E-state index in [1.807, 2.05) is 36.1 Å². The predicted molar refractivity (Wildman–Crippen MR) is 207 cm³/mol. The number of hydrogen-bond donors (Lipinski definition) is 0. The highest BCUT2D eigenvalue weighted by molar-refractivity contribution is 7.89. The van der Waals surface area contributed by atoms with E-state index in [1.165, 1.54) is 33.2 Å². The average molecular weight is 799 g/mol. The number of piperazine rings is 2. The summed E-state index contributed by atoms with van der Waals surface area (Å²) in [6.45, 7) is 7.54. The number of amidine groups is 1. The van der Waals surface area contributed by atoms with Crippen LogP contribution in [0.25, 0.3) is 0 Å². The number of halogens is 2. The Morgan fingerprint density at radius 2 is 1.35 bits per heavy atom. The Labute approximate surface area is 326 Å². The number of benzene rings is 3. The standard InChI is InChI=1S/C38H45Cl2N7O6S/c1-5-53-33-15-14-31(54(51,52)42(3)4)24-32(33)37-41-35(27-6-10-29(39)11-7-27)36(28-8-12-30(40)13-9-28)47(37)38(50)46-18-16-43(17-19-46)25-34(49)45-22-20-44(21-23-45)26(2)48/h6-15,24,35-36H,5,16-23,25H2,1-4H3. The maximum absolute atomic E-state index is 15.0. The molecule has 54 heavy (non-hydrogen) atoms. The lowest BCUT2D eigenvalue weighted by Crippen LogP contribution is -2.56. The molecule has 2 fully saturated rings. The van der Waals surface area contributed by atoms with E-state index in [0.717, 1.165) is 15.4 Å². The summed E-state index contributed by atoms with van der Waals surface area (Å²) in [6.07, 6.45) is 0. The molecule has 2 saturated heterocycles. The van der Waals surface area contributed by atoms with Crippen LogP contribution in [0.15, 0.2) is 76.6 Å². The SMILES string of the molecule is CCOc1ccc(S(=O)(=O)N(C)C)cc1C1=NC(c2ccc(Cl)cc2)C(c2ccc(Cl)cc2)N1C(=O)N1CCN(CC(=O)N2CCN(C(C)=O)CC2)CC1. The van der Waals surface area contributed by atoms with Crippen LogP contribution in [-0.2, 0) is 19.6 Å². The van der Waals surface area contributed by atoms with E-state index in [-0.39, 0.29) is 35.1 Å². The van der Waals surface area contributed by atoms with Crippen LogP contribution in [0.4, 0.5) is 4.79 Å². The molecule has 2 unspecified atom stereocenters. The minimum absolute atomic E-state index is 0.00318. The van der Waals surface area contributed by atoms with Gasteiger partial charge in [0.15, 0.2) is 0 Å². The Morgan fingerprint density at radius 3 is 1.91 bits per heavy atom. The van der Waals surface area contributed by atoms with Crippen molar-refractivity contribution >= 4 is 56.9 Å². The van der Waals surface area contributed by atoms with Gasteiger partial charge in [0.25, 0.3) is 0 Å². The second-order valence-electron chi connectivity index (χ2n) is 13.6. The fourth-order valence-electron chi connectivity index (χ4n) is 7.00. The van der Waals surface area contributed by atoms with Gasteiger partial charge >= 0.3 is 6.03 Å². The maximum atomic E-state index is 15.0. The Bertz CT molecular complexity index is 2000. The normalized spacial score (nSPS) is 19.6. The summed E-state index contributed by atoms with van der Waals surface area (Å²) in [5.41, 5.74) is 1.93. The third-order valence-electron chi connectivity index (χ3n) is 10.0. The van der Waals surface area contributed by atoms with E-state index in [1.54, 1.807) is 49.9 Å². The van der Waals surface area contributed by atoms with Crippen LogP contribution in [-0.4, -0.2) is 141 Å². The van der Waals surface area contributed by atoms with E-state index in [2.05, 4.69) is 0 Å². The van der Waals surface area contributed by atoms with E-state index in [4.69, 9.17) is 32.9 Å². The monoisotopic (exact) mass is 797 g/mol. The zero-order valence-corrected chi connectivity index (χ0v) is 33.1. The molecule has 6 rings (SSSR count). The van der Waals surface area contributed by atoms with E-state index in [9.17, 15) is 18.0 Å². The lowest BCUT2D eigenvalue weighted by molar-refractivity contribution is -0.139. The maximum Gasteiger partial charge on any atom is 0.326 e. The summed E-state index contributed by atoms with van der Waals surface area (Å²) in [6, 6.07) is 17.6. The van der Waals surface area contributed by atoms with E-state index >= 15 is 4.79 Å². The van der Waals surface area contributed by atoms with E-state index in [0.29, 0.717) is 80.3 Å². The molecule has 288 valence electrons. The van der Waals surface area contributed by atoms with Gasteiger partial charge in [-0.05, 0) is 60.5 Å². The van der Waals surface area contributed by atoms with Gasteiger partial charge in [0, 0.05) is 83.4 Å². The molecule has 0 bridgehead atoms. The number of nitrogens with zero attached hydrogens (tertiary/aromatic N) is 7. The van der Waals surface area contributed by atoms with Gasteiger partial charge in [-0.1, -0.05) is 47.5 Å². The second kappa shape index (κ2) is 16.7. The van der Waals surface area contributed by atoms with Crippen molar-refractivity contribution in [3.63, 3.8) is 0 Å². The van der Waals surface area contributed by atoms with Crippen molar-refractivity contribution in [2.45, 2.75) is 30.8 Å². The average Bonchev–Trinajstić information content (AvgIpc) is 3.56. The predicted octanol–water partition coefficient (Wildman–Crippen LogP) is 4.62. The van der Waals surface area contributed by atoms with Crippen molar-refractivity contribution in [2.24, 2.45) is 4.99 Å². The smallest absolute Gasteiger partial charge is 0.326 e. The van der Waals surface area contributed by atoms with Crippen molar-refractivity contribution in [3.8, 4) is 5.75 Å². The van der Waals surface area contributed by atoms with Gasteiger partial charge in [-0.15, -0.1) is 0 Å². The minimum Gasteiger partial charge on any atom is -0.493 e. The first kappa shape index (κ1) is 39.5. The van der Waals surface area contributed by atoms with Gasteiger partial charge < -0.3 is 19.4 Å². The third kappa shape index (κ3) is 8.37. The Kier molecular flexibility index (Phi) is 12.2. The van der Waals surface area contributed by atoms with E-state index < -0.39 is 22.1 Å². The van der Waals surface area contributed by atoms with Gasteiger partial charge in [-0.3, -0.25) is 24.4 Å². The van der Waals surface area contributed by atoms with Crippen molar-refractivity contribution in [2.75, 3.05) is 79.6 Å². The van der Waals surface area contributed by atoms with Gasteiger partial charge in [-0.2, -0.15) is 0 Å². The van der Waals surface area contributed by atoms with Crippen molar-refractivity contribution in [3.05, 3.63) is 93.5 Å². The van der Waals surface area contributed by atoms with Crippen LogP contribution >= 0.6 is 23.2 Å². The minimum atomic E-state index is -3.87. The lowest BCUT2D eigenvalue weighted by Gasteiger charge is -2.40. The third-order valence-corrected chi connectivity index (χ3v) is 12.4. The molecule has 2 atom stereocenters. The second-order valence-corrected chi connectivity index (χ2v) is 16.7. The van der Waals surface area contributed by atoms with Gasteiger partial charge in [0.2, 0.25) is 21.8 Å². The van der Waals surface area contributed by atoms with Crippen LogP contribution in [0.5, 0.6) is 5.75 Å². The summed E-state index contributed by atoms with van der Waals surface area (Å²) in [7, 11) is -0.942. The molecule has 0 radical (unpaired) electrons. The molecule has 0 saturated carbocycles. The van der Waals surface area contributed by atoms with Crippen LogP contribution in [0.1, 0.15) is 42.6 Å². The fraction of sp³-hybridized carbons (Fsp3) is 0.421. The summed E-state index contributed by atoms with van der Waals surface area (Å²) in [5, 5.41) is 1.08. The zero-order valence-electron chi connectivity index (χ0n) is 30.8. The van der Waals surface area contributed by atoms with Crippen LogP contribution in [0, 0.1) is 0 Å². The fourth-order valence-corrected chi connectivity index (χ4v) is 8.18. The van der Waals surface area contributed by atoms with Crippen molar-refractivity contribution in [1.82, 2.24) is 28.8 Å². The Morgan fingerprint density at radius 1 is 0.796 bits per heavy atom. The number of carbonyl (C=O) groups is 3. The summed E-state index contributed by atoms with van der Waals surface area (Å²) in [5.74, 6) is 0.649. The van der Waals surface area contributed by atoms with Crippen LogP contribution < -0.4 is 4.74 Å². The van der Waals surface area contributed by atoms with Gasteiger partial charge in [0.05, 0.1) is 29.7 Å². The number of rotatable bonds is 9. The molecule has 0 aliphatic carbocycles. The first-order valence-corrected chi connectivity index (χ1v) is 20.1. The molecule has 0 N–H and O–H groups in total. The van der Waals surface area contributed by atoms with Crippen LogP contribution in [0.2, 0.25) is 10.0 Å². The molecule has 13 nitrogen and oxygen atoms in total. The Balaban J connectivity index is 1.35. The molecule has 3 aliphatic rings. The molecule has 16 heteroatoms. The number of carbonyl (C=O) groups excluding carboxylic acids is 3. The molecule has 3 aromatic carbocycles. The lowest BCUT2D eigenvalue weighted by atomic mass is 9.93. The van der Waals surface area contributed by atoms with Gasteiger partial charge in [0.1, 0.15) is 17.6 Å². The first-order chi connectivity index (χ1) is 25.8. The quantitative estimate of drug-likeness (QED) is 0.310. The number of aliphatic imine (C=N–C) groups is 1. The number of ether oxygens (including phenoxy) is 1. The number of urea groups is 1. The molecule has 3 aromatic rings. The van der Waals surface area contributed by atoms with Gasteiger partial charge in [-0.25, -0.2) is 17.5 Å². The number of sulfonamides is 1. The highest BCUT2D eigenvalue weighted by Crippen LogP contribution is 2.46. The number of hydrogen-bond acceptors (Lipinski definition) is 8. The molecule has 0 aromatic heterocycles. The number of amides is 4.